The zero-order chi connectivity index (χ0) is 17.8. The molecule has 1 amide bonds. The molecule has 0 unspecified atom stereocenters. The zero-order valence-electron chi connectivity index (χ0n) is 14.4. The van der Waals surface area contributed by atoms with E-state index in [-0.39, 0.29) is 5.91 Å². The number of anilines is 1. The van der Waals surface area contributed by atoms with Gasteiger partial charge in [-0.05, 0) is 24.6 Å². The highest BCUT2D eigenvalue weighted by Crippen LogP contribution is 2.30. The van der Waals surface area contributed by atoms with Crippen LogP contribution >= 0.6 is 11.6 Å². The average molecular weight is 361 g/mol. The lowest BCUT2D eigenvalue weighted by atomic mass is 10.2. The van der Waals surface area contributed by atoms with Crippen LogP contribution in [0.15, 0.2) is 30.6 Å². The second-order valence-corrected chi connectivity index (χ2v) is 6.38. The Morgan fingerprint density at radius 1 is 1.20 bits per heavy atom. The first-order chi connectivity index (χ1) is 12.1. The number of aromatic nitrogens is 2. The maximum Gasteiger partial charge on any atom is 0.224 e. The van der Waals surface area contributed by atoms with Gasteiger partial charge < -0.3 is 14.5 Å². The Bertz CT molecular complexity index is 760. The van der Waals surface area contributed by atoms with Crippen LogP contribution in [0.4, 0.5) is 5.82 Å². The molecule has 1 saturated heterocycles. The van der Waals surface area contributed by atoms with Gasteiger partial charge in [0.25, 0.3) is 0 Å². The number of nitrogens with zero attached hydrogens (tertiary/aromatic N) is 4. The Morgan fingerprint density at radius 3 is 2.68 bits per heavy atom. The molecule has 1 aromatic carbocycles. The van der Waals surface area contributed by atoms with Crippen molar-refractivity contribution in [1.29, 1.82) is 0 Å². The summed E-state index contributed by atoms with van der Waals surface area (Å²) in [6.45, 7) is 6.76. The lowest BCUT2D eigenvalue weighted by molar-refractivity contribution is -0.131. The van der Waals surface area contributed by atoms with Crippen molar-refractivity contribution in [3.05, 3.63) is 41.2 Å². The number of piperazine rings is 1. The minimum absolute atomic E-state index is 0.195. The van der Waals surface area contributed by atoms with Crippen molar-refractivity contribution in [2.75, 3.05) is 31.1 Å². The molecule has 1 aliphatic heterocycles. The quantitative estimate of drug-likeness (QED) is 0.837. The number of ether oxygens (including phenoxy) is 1. The first-order valence-electron chi connectivity index (χ1n) is 8.35. The number of hydrogen-bond acceptors (Lipinski definition) is 5. The summed E-state index contributed by atoms with van der Waals surface area (Å²) in [5.74, 6) is 2.01. The van der Waals surface area contributed by atoms with E-state index < -0.39 is 0 Å². The maximum atomic E-state index is 11.8. The molecule has 0 bridgehead atoms. The van der Waals surface area contributed by atoms with E-state index in [1.165, 1.54) is 6.33 Å². The number of aryl methyl sites for hydroxylation is 1. The Morgan fingerprint density at radius 2 is 1.96 bits per heavy atom. The minimum Gasteiger partial charge on any atom is -0.437 e. The van der Waals surface area contributed by atoms with Crippen molar-refractivity contribution in [3.8, 4) is 11.6 Å². The van der Waals surface area contributed by atoms with E-state index in [0.717, 1.165) is 24.5 Å². The van der Waals surface area contributed by atoms with Gasteiger partial charge in [-0.1, -0.05) is 24.6 Å². The lowest BCUT2D eigenvalue weighted by Gasteiger charge is -2.35. The molecule has 0 saturated carbocycles. The van der Waals surface area contributed by atoms with Gasteiger partial charge in [0, 0.05) is 38.7 Å². The first kappa shape index (κ1) is 17.5. The van der Waals surface area contributed by atoms with Crippen LogP contribution in [0.25, 0.3) is 0 Å². The van der Waals surface area contributed by atoms with Crippen LogP contribution in [0.3, 0.4) is 0 Å². The first-order valence-corrected chi connectivity index (χ1v) is 8.73. The van der Waals surface area contributed by atoms with Gasteiger partial charge in [-0.15, -0.1) is 0 Å². The van der Waals surface area contributed by atoms with Gasteiger partial charge in [0.05, 0.1) is 5.02 Å². The van der Waals surface area contributed by atoms with Gasteiger partial charge in [0.15, 0.2) is 0 Å². The molecule has 0 radical (unpaired) electrons. The Hall–Kier alpha value is -2.34. The Balaban J connectivity index is 1.70. The predicted octanol–water partition coefficient (Wildman–Crippen LogP) is 3.29. The SMILES string of the molecule is CCC(=O)N1CCN(c2cc(Oc3cc(C)ccc3Cl)ncn2)CC1. The van der Waals surface area contributed by atoms with Gasteiger partial charge in [0.1, 0.15) is 17.9 Å². The van der Waals surface area contributed by atoms with E-state index in [2.05, 4.69) is 14.9 Å². The smallest absolute Gasteiger partial charge is 0.224 e. The summed E-state index contributed by atoms with van der Waals surface area (Å²) in [7, 11) is 0. The van der Waals surface area contributed by atoms with Gasteiger partial charge >= 0.3 is 0 Å². The average Bonchev–Trinajstić information content (AvgIpc) is 2.64. The Labute approximate surface area is 152 Å². The van der Waals surface area contributed by atoms with Crippen LogP contribution < -0.4 is 9.64 Å². The molecule has 132 valence electrons. The van der Waals surface area contributed by atoms with Crippen molar-refractivity contribution in [2.24, 2.45) is 0 Å². The molecule has 0 spiro atoms. The molecule has 1 fully saturated rings. The van der Waals surface area contributed by atoms with Crippen molar-refractivity contribution in [1.82, 2.24) is 14.9 Å². The van der Waals surface area contributed by atoms with E-state index in [9.17, 15) is 4.79 Å². The molecule has 0 atom stereocenters. The molecule has 1 aliphatic rings. The monoisotopic (exact) mass is 360 g/mol. The van der Waals surface area contributed by atoms with E-state index in [4.69, 9.17) is 16.3 Å². The third-order valence-corrected chi connectivity index (χ3v) is 4.50. The summed E-state index contributed by atoms with van der Waals surface area (Å²) in [5.41, 5.74) is 1.06. The Kier molecular flexibility index (Phi) is 5.38. The van der Waals surface area contributed by atoms with Crippen molar-refractivity contribution in [3.63, 3.8) is 0 Å². The number of carbonyl (C=O) groups is 1. The fourth-order valence-electron chi connectivity index (χ4n) is 2.77. The summed E-state index contributed by atoms with van der Waals surface area (Å²) in [6.07, 6.45) is 2.03. The highest BCUT2D eigenvalue weighted by atomic mass is 35.5. The summed E-state index contributed by atoms with van der Waals surface area (Å²) in [4.78, 5) is 24.3. The van der Waals surface area contributed by atoms with Crippen LogP contribution in [0.2, 0.25) is 5.02 Å². The third-order valence-electron chi connectivity index (χ3n) is 4.19. The van der Waals surface area contributed by atoms with Crippen molar-refractivity contribution >= 4 is 23.3 Å². The molecule has 2 heterocycles. The number of hydrogen-bond donors (Lipinski definition) is 0. The normalized spacial score (nSPS) is 14.5. The summed E-state index contributed by atoms with van der Waals surface area (Å²) >= 11 is 6.18. The second-order valence-electron chi connectivity index (χ2n) is 5.97. The van der Waals surface area contributed by atoms with Gasteiger partial charge in [-0.2, -0.15) is 0 Å². The molecular weight excluding hydrogens is 340 g/mol. The summed E-state index contributed by atoms with van der Waals surface area (Å²) in [6, 6.07) is 7.41. The summed E-state index contributed by atoms with van der Waals surface area (Å²) < 4.78 is 5.82. The van der Waals surface area contributed by atoms with Crippen LogP contribution in [0, 0.1) is 6.92 Å². The van der Waals surface area contributed by atoms with E-state index >= 15 is 0 Å². The maximum absolute atomic E-state index is 11.8. The standard InChI is InChI=1S/C18H21ClN4O2/c1-3-18(24)23-8-6-22(7-9-23)16-11-17(21-12-20-16)25-15-10-13(2)4-5-14(15)19/h4-5,10-12H,3,6-9H2,1-2H3. The highest BCUT2D eigenvalue weighted by Gasteiger charge is 2.21. The summed E-state index contributed by atoms with van der Waals surface area (Å²) in [5, 5.41) is 0.539. The van der Waals surface area contributed by atoms with Gasteiger partial charge in [-0.3, -0.25) is 4.79 Å². The molecule has 3 rings (SSSR count). The van der Waals surface area contributed by atoms with Crippen LogP contribution in [0.1, 0.15) is 18.9 Å². The number of amides is 1. The van der Waals surface area contributed by atoms with Crippen LogP contribution in [-0.2, 0) is 4.79 Å². The van der Waals surface area contributed by atoms with Crippen LogP contribution in [0.5, 0.6) is 11.6 Å². The molecule has 2 aromatic rings. The topological polar surface area (TPSA) is 58.6 Å². The van der Waals surface area contributed by atoms with Gasteiger partial charge in [-0.25, -0.2) is 9.97 Å². The van der Waals surface area contributed by atoms with E-state index in [1.807, 2.05) is 30.9 Å². The fourth-order valence-corrected chi connectivity index (χ4v) is 2.92. The molecule has 6 nitrogen and oxygen atoms in total. The predicted molar refractivity (Wildman–Crippen MR) is 97.4 cm³/mol. The highest BCUT2D eigenvalue weighted by molar-refractivity contribution is 6.32. The van der Waals surface area contributed by atoms with Gasteiger partial charge in [0.2, 0.25) is 11.8 Å². The van der Waals surface area contributed by atoms with E-state index in [0.29, 0.717) is 36.2 Å². The third kappa shape index (κ3) is 4.20. The second kappa shape index (κ2) is 7.70. The largest absolute Gasteiger partial charge is 0.437 e. The zero-order valence-corrected chi connectivity index (χ0v) is 15.2. The molecule has 0 aliphatic carbocycles. The lowest BCUT2D eigenvalue weighted by Crippen LogP contribution is -2.48. The van der Waals surface area contributed by atoms with E-state index in [1.54, 1.807) is 12.1 Å². The van der Waals surface area contributed by atoms with Crippen molar-refractivity contribution in [2.45, 2.75) is 20.3 Å². The van der Waals surface area contributed by atoms with Crippen LogP contribution in [-0.4, -0.2) is 47.0 Å². The molecule has 1 aromatic heterocycles. The molecule has 7 heteroatoms. The fraction of sp³-hybridized carbons (Fsp3) is 0.389. The molecule has 0 N–H and O–H groups in total. The minimum atomic E-state index is 0.195. The molecular formula is C18H21ClN4O2. The van der Waals surface area contributed by atoms with Crippen molar-refractivity contribution < 1.29 is 9.53 Å². The number of rotatable bonds is 4. The number of halogens is 1. The number of benzene rings is 1. The molecule has 25 heavy (non-hydrogen) atoms. The number of carbonyl (C=O) groups excluding carboxylic acids is 1.